The van der Waals surface area contributed by atoms with E-state index in [1.54, 1.807) is 41.1 Å². The van der Waals surface area contributed by atoms with Gasteiger partial charge in [0.1, 0.15) is 18.4 Å². The van der Waals surface area contributed by atoms with Crippen LogP contribution in [0.2, 0.25) is 0 Å². The second-order valence-corrected chi connectivity index (χ2v) is 13.2. The first-order valence-corrected chi connectivity index (χ1v) is 15.2. The van der Waals surface area contributed by atoms with E-state index in [0.29, 0.717) is 42.8 Å². The van der Waals surface area contributed by atoms with E-state index in [4.69, 9.17) is 4.74 Å². The van der Waals surface area contributed by atoms with E-state index in [2.05, 4.69) is 16.0 Å². The number of hydrogen-bond acceptors (Lipinski definition) is 6. The number of ether oxygens (including phenoxy) is 1. The third-order valence-electron chi connectivity index (χ3n) is 7.83. The van der Waals surface area contributed by atoms with Crippen LogP contribution in [0.3, 0.4) is 0 Å². The van der Waals surface area contributed by atoms with Gasteiger partial charge in [0.15, 0.2) is 0 Å². The molecule has 2 aliphatic heterocycles. The number of carbonyl (C=O) groups excluding carboxylic acids is 4. The predicted molar refractivity (Wildman–Crippen MR) is 171 cm³/mol. The zero-order valence-corrected chi connectivity index (χ0v) is 26.7. The maximum Gasteiger partial charge on any atom is 0.319 e. The summed E-state index contributed by atoms with van der Waals surface area (Å²) in [6, 6.07) is 12.8. The molecule has 2 aromatic rings. The van der Waals surface area contributed by atoms with Crippen molar-refractivity contribution in [3.8, 4) is 5.75 Å². The molecule has 0 aromatic heterocycles. The van der Waals surface area contributed by atoms with E-state index in [0.717, 1.165) is 5.69 Å². The molecule has 0 radical (unpaired) electrons. The van der Waals surface area contributed by atoms with Crippen molar-refractivity contribution >= 4 is 35.1 Å². The molecule has 2 aromatic carbocycles. The summed E-state index contributed by atoms with van der Waals surface area (Å²) in [6.45, 7) is 6.80. The van der Waals surface area contributed by atoms with Gasteiger partial charge in [-0.2, -0.15) is 0 Å². The first kappa shape index (κ1) is 32.6. The summed E-state index contributed by atoms with van der Waals surface area (Å²) in [5.41, 5.74) is 1.89. The van der Waals surface area contributed by atoms with E-state index in [1.807, 2.05) is 64.0 Å². The molecule has 3 unspecified atom stereocenters. The molecule has 2 aliphatic rings. The average Bonchev–Trinajstić information content (AvgIpc) is 3.35. The predicted octanol–water partition coefficient (Wildman–Crippen LogP) is 3.71. The fourth-order valence-electron chi connectivity index (χ4n) is 5.61. The van der Waals surface area contributed by atoms with Gasteiger partial charge in [0.05, 0.1) is 12.1 Å². The van der Waals surface area contributed by atoms with Crippen molar-refractivity contribution in [2.45, 2.75) is 64.6 Å². The summed E-state index contributed by atoms with van der Waals surface area (Å²) in [5.74, 6) is -0.0267. The number of benzene rings is 2. The molecular formula is C33H46N6O5. The van der Waals surface area contributed by atoms with E-state index < -0.39 is 6.04 Å². The number of nitrogens with one attached hydrogen (secondary N) is 3. The molecule has 2 heterocycles. The van der Waals surface area contributed by atoms with Crippen molar-refractivity contribution in [2.75, 3.05) is 51.1 Å². The highest BCUT2D eigenvalue weighted by Gasteiger charge is 2.39. The van der Waals surface area contributed by atoms with Crippen LogP contribution in [-0.2, 0) is 9.59 Å². The lowest BCUT2D eigenvalue weighted by Crippen LogP contribution is -2.52. The third-order valence-corrected chi connectivity index (χ3v) is 7.83. The largest absolute Gasteiger partial charge is 0.491 e. The van der Waals surface area contributed by atoms with Gasteiger partial charge in [-0.1, -0.05) is 32.9 Å². The molecule has 1 saturated heterocycles. The molecule has 0 spiro atoms. The number of urea groups is 1. The van der Waals surface area contributed by atoms with Crippen LogP contribution in [-0.4, -0.2) is 92.5 Å². The van der Waals surface area contributed by atoms with E-state index in [9.17, 15) is 19.2 Å². The SMILES string of the molecule is CN1CCCC(NC(=O)CC(C)(C)C)C(=O)N2CC(NC(=O)Nc3cccc(N(C)C)c3)CC2COc2cccc(c2)C1=O. The Labute approximate surface area is 260 Å². The van der Waals surface area contributed by atoms with Crippen LogP contribution >= 0.6 is 0 Å². The summed E-state index contributed by atoms with van der Waals surface area (Å²) >= 11 is 0. The Morgan fingerprint density at radius 2 is 1.80 bits per heavy atom. The number of hydrogen-bond donors (Lipinski definition) is 3. The number of amides is 5. The molecule has 238 valence electrons. The van der Waals surface area contributed by atoms with Crippen molar-refractivity contribution in [1.82, 2.24) is 20.4 Å². The van der Waals surface area contributed by atoms with Gasteiger partial charge in [0, 0.05) is 57.6 Å². The normalized spacial score (nSPS) is 21.1. The Morgan fingerprint density at radius 1 is 1.05 bits per heavy atom. The Kier molecular flexibility index (Phi) is 10.4. The quantitative estimate of drug-likeness (QED) is 0.477. The van der Waals surface area contributed by atoms with Crippen LogP contribution in [0.5, 0.6) is 5.75 Å². The summed E-state index contributed by atoms with van der Waals surface area (Å²) in [4.78, 5) is 58.4. The van der Waals surface area contributed by atoms with Crippen LogP contribution in [0.25, 0.3) is 0 Å². The molecule has 44 heavy (non-hydrogen) atoms. The molecule has 5 amide bonds. The fourth-order valence-corrected chi connectivity index (χ4v) is 5.61. The highest BCUT2D eigenvalue weighted by Crippen LogP contribution is 2.25. The van der Waals surface area contributed by atoms with E-state index in [1.165, 1.54) is 0 Å². The Bertz CT molecular complexity index is 1360. The lowest BCUT2D eigenvalue weighted by atomic mass is 9.91. The minimum absolute atomic E-state index is 0.138. The molecule has 0 saturated carbocycles. The van der Waals surface area contributed by atoms with Gasteiger partial charge >= 0.3 is 6.03 Å². The molecule has 0 aliphatic carbocycles. The number of nitrogens with zero attached hydrogens (tertiary/aromatic N) is 3. The summed E-state index contributed by atoms with van der Waals surface area (Å²) in [6.07, 6.45) is 1.65. The van der Waals surface area contributed by atoms with Gasteiger partial charge in [0.25, 0.3) is 5.91 Å². The Hall–Kier alpha value is -4.28. The summed E-state index contributed by atoms with van der Waals surface area (Å²) in [7, 11) is 5.59. The van der Waals surface area contributed by atoms with E-state index >= 15 is 0 Å². The van der Waals surface area contributed by atoms with Crippen LogP contribution in [0, 0.1) is 5.41 Å². The first-order valence-electron chi connectivity index (χ1n) is 15.2. The lowest BCUT2D eigenvalue weighted by molar-refractivity contribution is -0.138. The maximum atomic E-state index is 14.1. The molecule has 3 N–H and O–H groups in total. The molecule has 3 atom stereocenters. The van der Waals surface area contributed by atoms with Gasteiger partial charge in [-0.25, -0.2) is 4.79 Å². The standard InChI is InChI=1S/C33H46N6O5/c1-33(2,3)19-29(40)36-28-14-9-15-38(6)30(41)22-10-7-13-27(16-22)44-21-26-18-24(20-39(26)31(28)42)35-32(43)34-23-11-8-12-25(17-23)37(4)5/h7-8,10-13,16-17,24,26,28H,9,14-15,18-21H2,1-6H3,(H,36,40)(H2,34,35,43). The van der Waals surface area contributed by atoms with Gasteiger partial charge in [-0.3, -0.25) is 14.4 Å². The van der Waals surface area contributed by atoms with E-state index in [-0.39, 0.29) is 60.8 Å². The number of anilines is 2. The highest BCUT2D eigenvalue weighted by atomic mass is 16.5. The Morgan fingerprint density at radius 3 is 2.52 bits per heavy atom. The van der Waals surface area contributed by atoms with Crippen molar-refractivity contribution in [1.29, 1.82) is 0 Å². The number of fused-ring (bicyclic) bond motifs is 3. The molecule has 11 heteroatoms. The van der Waals surface area contributed by atoms with Crippen molar-refractivity contribution in [3.63, 3.8) is 0 Å². The summed E-state index contributed by atoms with van der Waals surface area (Å²) < 4.78 is 6.12. The zero-order chi connectivity index (χ0) is 32.0. The van der Waals surface area contributed by atoms with Gasteiger partial charge in [-0.05, 0) is 61.1 Å². The minimum Gasteiger partial charge on any atom is -0.491 e. The first-order chi connectivity index (χ1) is 20.8. The van der Waals surface area contributed by atoms with Crippen molar-refractivity contribution < 1.29 is 23.9 Å². The topological polar surface area (TPSA) is 123 Å². The fraction of sp³-hybridized carbons (Fsp3) is 0.515. The Balaban J connectivity index is 1.54. The van der Waals surface area contributed by atoms with Crippen LogP contribution in [0.15, 0.2) is 48.5 Å². The number of rotatable bonds is 5. The lowest BCUT2D eigenvalue weighted by Gasteiger charge is -2.30. The van der Waals surface area contributed by atoms with Crippen molar-refractivity contribution in [2.24, 2.45) is 5.41 Å². The highest BCUT2D eigenvalue weighted by molar-refractivity contribution is 5.94. The maximum absolute atomic E-state index is 14.1. The second-order valence-electron chi connectivity index (χ2n) is 13.2. The van der Waals surface area contributed by atoms with Gasteiger partial charge in [0.2, 0.25) is 11.8 Å². The molecule has 11 nitrogen and oxygen atoms in total. The van der Waals surface area contributed by atoms with Crippen molar-refractivity contribution in [3.05, 3.63) is 54.1 Å². The molecular weight excluding hydrogens is 560 g/mol. The second kappa shape index (κ2) is 14.0. The molecule has 1 fully saturated rings. The number of carbonyl (C=O) groups is 4. The zero-order valence-electron chi connectivity index (χ0n) is 26.7. The third kappa shape index (κ3) is 8.87. The monoisotopic (exact) mass is 606 g/mol. The summed E-state index contributed by atoms with van der Waals surface area (Å²) in [5, 5.41) is 8.89. The van der Waals surface area contributed by atoms with Gasteiger partial charge < -0.3 is 35.4 Å². The molecule has 4 rings (SSSR count). The van der Waals surface area contributed by atoms with Crippen LogP contribution < -0.4 is 25.6 Å². The van der Waals surface area contributed by atoms with Crippen LogP contribution in [0.1, 0.15) is 56.8 Å². The molecule has 2 bridgehead atoms. The van der Waals surface area contributed by atoms with Crippen LogP contribution in [0.4, 0.5) is 16.2 Å². The minimum atomic E-state index is -0.766. The average molecular weight is 607 g/mol. The smallest absolute Gasteiger partial charge is 0.319 e. The van der Waals surface area contributed by atoms with Gasteiger partial charge in [-0.15, -0.1) is 0 Å².